The molecule has 0 aliphatic carbocycles. The molecule has 2 nitrogen and oxygen atoms in total. The van der Waals surface area contributed by atoms with E-state index in [0.717, 1.165) is 0 Å². The number of aliphatic hydroxyl groups is 1. The summed E-state index contributed by atoms with van der Waals surface area (Å²) in [5, 5.41) is 10.3. The van der Waals surface area contributed by atoms with E-state index in [9.17, 15) is 18.3 Å². The van der Waals surface area contributed by atoms with E-state index in [-0.39, 0.29) is 18.1 Å². The normalized spacial score (nSPS) is 13.7. The molecule has 0 aliphatic rings. The summed E-state index contributed by atoms with van der Waals surface area (Å²) in [4.78, 5) is 0. The van der Waals surface area contributed by atoms with Crippen molar-refractivity contribution in [3.05, 3.63) is 33.8 Å². The lowest BCUT2D eigenvalue weighted by molar-refractivity contribution is -0.175. The first-order valence-electron chi connectivity index (χ1n) is 5.07. The van der Waals surface area contributed by atoms with Gasteiger partial charge in [0.2, 0.25) is 0 Å². The highest BCUT2D eigenvalue weighted by Crippen LogP contribution is 2.27. The van der Waals surface area contributed by atoms with Crippen molar-refractivity contribution >= 4 is 23.2 Å². The molecule has 0 saturated carbocycles. The fraction of sp³-hybridized carbons (Fsp3) is 0.455. The Morgan fingerprint density at radius 3 is 2.44 bits per heavy atom. The third-order valence-corrected chi connectivity index (χ3v) is 2.87. The predicted molar refractivity (Wildman–Crippen MR) is 62.9 cm³/mol. The van der Waals surface area contributed by atoms with Gasteiger partial charge in [-0.25, -0.2) is 0 Å². The van der Waals surface area contributed by atoms with Crippen LogP contribution in [0.2, 0.25) is 10.0 Å². The van der Waals surface area contributed by atoms with Crippen molar-refractivity contribution in [2.24, 2.45) is 0 Å². The number of hydrogen-bond donors (Lipinski definition) is 1. The van der Waals surface area contributed by atoms with Crippen LogP contribution in [0.15, 0.2) is 18.2 Å². The third kappa shape index (κ3) is 5.44. The second kappa shape index (κ2) is 6.61. The van der Waals surface area contributed by atoms with Gasteiger partial charge in [-0.05, 0) is 17.7 Å². The van der Waals surface area contributed by atoms with Gasteiger partial charge in [-0.3, -0.25) is 0 Å². The molecule has 0 heterocycles. The minimum absolute atomic E-state index is 0.0496. The molecule has 1 atom stereocenters. The first kappa shape index (κ1) is 15.6. The summed E-state index contributed by atoms with van der Waals surface area (Å²) >= 11 is 11.5. The highest BCUT2D eigenvalue weighted by Gasteiger charge is 2.27. The Labute approximate surface area is 112 Å². The van der Waals surface area contributed by atoms with Crippen molar-refractivity contribution in [3.8, 4) is 0 Å². The van der Waals surface area contributed by atoms with E-state index in [1.54, 1.807) is 6.07 Å². The Balaban J connectivity index is 2.41. The second-order valence-electron chi connectivity index (χ2n) is 3.65. The van der Waals surface area contributed by atoms with Crippen molar-refractivity contribution in [2.45, 2.75) is 18.7 Å². The highest BCUT2D eigenvalue weighted by molar-refractivity contribution is 6.42. The fourth-order valence-corrected chi connectivity index (χ4v) is 1.58. The molecule has 0 radical (unpaired) electrons. The van der Waals surface area contributed by atoms with Crippen LogP contribution in [0.25, 0.3) is 0 Å². The summed E-state index contributed by atoms with van der Waals surface area (Å²) < 4.78 is 39.7. The van der Waals surface area contributed by atoms with Gasteiger partial charge in [0.05, 0.1) is 16.1 Å². The molecule has 0 aromatic heterocycles. The van der Waals surface area contributed by atoms with E-state index in [1.807, 2.05) is 0 Å². The molecule has 0 amide bonds. The monoisotopic (exact) mass is 302 g/mol. The van der Waals surface area contributed by atoms with Crippen LogP contribution in [0.1, 0.15) is 18.1 Å². The molecule has 1 N–H and O–H groups in total. The average Bonchev–Trinajstić information content (AvgIpc) is 2.26. The summed E-state index contributed by atoms with van der Waals surface area (Å²) in [6.45, 7) is -1.51. The number of halogens is 5. The van der Waals surface area contributed by atoms with Crippen molar-refractivity contribution in [2.75, 3.05) is 13.2 Å². The van der Waals surface area contributed by atoms with Gasteiger partial charge in [-0.1, -0.05) is 29.3 Å². The minimum Gasteiger partial charge on any atom is -0.388 e. The molecule has 0 aliphatic heterocycles. The van der Waals surface area contributed by atoms with Crippen LogP contribution in [-0.4, -0.2) is 24.5 Å². The maximum Gasteiger partial charge on any atom is 0.411 e. The van der Waals surface area contributed by atoms with Crippen LogP contribution in [0.3, 0.4) is 0 Å². The smallest absolute Gasteiger partial charge is 0.388 e. The van der Waals surface area contributed by atoms with Crippen LogP contribution >= 0.6 is 23.2 Å². The van der Waals surface area contributed by atoms with E-state index in [4.69, 9.17) is 23.2 Å². The van der Waals surface area contributed by atoms with E-state index in [2.05, 4.69) is 4.74 Å². The molecule has 7 heteroatoms. The minimum atomic E-state index is -4.35. The maximum atomic E-state index is 11.8. The van der Waals surface area contributed by atoms with Crippen LogP contribution in [0.5, 0.6) is 0 Å². The van der Waals surface area contributed by atoms with Crippen molar-refractivity contribution in [3.63, 3.8) is 0 Å². The van der Waals surface area contributed by atoms with Gasteiger partial charge in [-0.15, -0.1) is 0 Å². The summed E-state index contributed by atoms with van der Waals surface area (Å²) in [5.74, 6) is 0. The Morgan fingerprint density at radius 2 is 1.89 bits per heavy atom. The molecule has 1 aromatic rings. The van der Waals surface area contributed by atoms with Gasteiger partial charge in [0, 0.05) is 13.0 Å². The largest absolute Gasteiger partial charge is 0.411 e. The number of alkyl halides is 3. The highest BCUT2D eigenvalue weighted by atomic mass is 35.5. The zero-order valence-corrected chi connectivity index (χ0v) is 10.7. The molecule has 1 rings (SSSR count). The standard InChI is InChI=1S/C11H11Cl2F3O2/c12-8-2-1-7(5-9(8)13)10(17)3-4-18-6-11(14,15)16/h1-2,5,10,17H,3-4,6H2. The number of hydrogen-bond acceptors (Lipinski definition) is 2. The molecule has 0 bridgehead atoms. The number of aliphatic hydroxyl groups excluding tert-OH is 1. The topological polar surface area (TPSA) is 29.5 Å². The molecule has 0 fully saturated rings. The third-order valence-electron chi connectivity index (χ3n) is 2.13. The Morgan fingerprint density at radius 1 is 1.22 bits per heavy atom. The van der Waals surface area contributed by atoms with Gasteiger partial charge in [0.15, 0.2) is 0 Å². The predicted octanol–water partition coefficient (Wildman–Crippen LogP) is 4.00. The zero-order chi connectivity index (χ0) is 13.8. The van der Waals surface area contributed by atoms with Gasteiger partial charge in [-0.2, -0.15) is 13.2 Å². The van der Waals surface area contributed by atoms with E-state index >= 15 is 0 Å². The Bertz CT molecular complexity index is 396. The molecule has 0 saturated heterocycles. The van der Waals surface area contributed by atoms with Gasteiger partial charge < -0.3 is 9.84 Å². The van der Waals surface area contributed by atoms with Crippen LogP contribution < -0.4 is 0 Å². The first-order valence-corrected chi connectivity index (χ1v) is 5.82. The van der Waals surface area contributed by atoms with Gasteiger partial charge in [0.1, 0.15) is 6.61 Å². The van der Waals surface area contributed by atoms with Crippen LogP contribution in [-0.2, 0) is 4.74 Å². The summed E-state index contributed by atoms with van der Waals surface area (Å²) in [6, 6.07) is 4.54. The van der Waals surface area contributed by atoms with E-state index in [1.165, 1.54) is 12.1 Å². The Hall–Kier alpha value is -0.490. The summed E-state index contributed by atoms with van der Waals surface area (Å²) in [6.07, 6.45) is -5.24. The molecule has 1 unspecified atom stereocenters. The molecule has 18 heavy (non-hydrogen) atoms. The van der Waals surface area contributed by atoms with Crippen molar-refractivity contribution < 1.29 is 23.0 Å². The lowest BCUT2D eigenvalue weighted by Gasteiger charge is -2.13. The van der Waals surface area contributed by atoms with Crippen molar-refractivity contribution in [1.82, 2.24) is 0 Å². The van der Waals surface area contributed by atoms with E-state index in [0.29, 0.717) is 10.6 Å². The fourth-order valence-electron chi connectivity index (χ4n) is 1.27. The zero-order valence-electron chi connectivity index (χ0n) is 9.18. The van der Waals surface area contributed by atoms with Crippen LogP contribution in [0.4, 0.5) is 13.2 Å². The van der Waals surface area contributed by atoms with Crippen molar-refractivity contribution in [1.29, 1.82) is 0 Å². The number of ether oxygens (including phenoxy) is 1. The lowest BCUT2D eigenvalue weighted by Crippen LogP contribution is -2.18. The molecular formula is C11H11Cl2F3O2. The Kier molecular flexibility index (Phi) is 5.72. The lowest BCUT2D eigenvalue weighted by atomic mass is 10.1. The maximum absolute atomic E-state index is 11.8. The summed E-state index contributed by atoms with van der Waals surface area (Å²) in [5.41, 5.74) is 0.486. The van der Waals surface area contributed by atoms with Crippen LogP contribution in [0, 0.1) is 0 Å². The van der Waals surface area contributed by atoms with Gasteiger partial charge in [0.25, 0.3) is 0 Å². The quantitative estimate of drug-likeness (QED) is 0.833. The molecule has 0 spiro atoms. The number of benzene rings is 1. The SMILES string of the molecule is OC(CCOCC(F)(F)F)c1ccc(Cl)c(Cl)c1. The van der Waals surface area contributed by atoms with E-state index < -0.39 is 18.9 Å². The molecular weight excluding hydrogens is 292 g/mol. The molecule has 102 valence electrons. The number of rotatable bonds is 5. The summed E-state index contributed by atoms with van der Waals surface area (Å²) in [7, 11) is 0. The van der Waals surface area contributed by atoms with Gasteiger partial charge >= 0.3 is 6.18 Å². The second-order valence-corrected chi connectivity index (χ2v) is 4.46. The average molecular weight is 303 g/mol. The first-order chi connectivity index (χ1) is 8.29. The molecule has 1 aromatic carbocycles.